The summed E-state index contributed by atoms with van der Waals surface area (Å²) in [5, 5.41) is 7.79. The van der Waals surface area contributed by atoms with Crippen LogP contribution in [0.4, 0.5) is 17.6 Å². The Bertz CT molecular complexity index is 972. The fourth-order valence-corrected chi connectivity index (χ4v) is 3.38. The highest BCUT2D eigenvalue weighted by molar-refractivity contribution is 5.97. The molecule has 27 heavy (non-hydrogen) atoms. The maximum atomic E-state index is 6.01. The van der Waals surface area contributed by atoms with E-state index in [4.69, 9.17) is 20.9 Å². The monoisotopic (exact) mass is 369 g/mol. The van der Waals surface area contributed by atoms with Crippen LogP contribution in [0.1, 0.15) is 13.8 Å². The number of hydrogen-bond donors (Lipinski definition) is 3. The number of H-pyrrole nitrogens is 1. The van der Waals surface area contributed by atoms with Gasteiger partial charge in [-0.1, -0.05) is 0 Å². The molecule has 142 valence electrons. The summed E-state index contributed by atoms with van der Waals surface area (Å²) in [7, 11) is 0. The molecule has 9 heteroatoms. The highest BCUT2D eigenvalue weighted by Gasteiger charge is 2.22. The molecule has 0 aliphatic carbocycles. The van der Waals surface area contributed by atoms with Crippen molar-refractivity contribution in [3.05, 3.63) is 18.2 Å². The van der Waals surface area contributed by atoms with Crippen molar-refractivity contribution < 1.29 is 9.47 Å². The maximum absolute atomic E-state index is 6.01. The molecule has 5 N–H and O–H groups in total. The number of nitrogens with one attached hydrogen (secondary N) is 1. The number of morpholine rings is 1. The molecule has 9 nitrogen and oxygen atoms in total. The average Bonchev–Trinajstić information content (AvgIpc) is 3.03. The Labute approximate surface area is 156 Å². The maximum Gasteiger partial charge on any atom is 0.222 e. The molecular weight excluding hydrogens is 346 g/mol. The number of fused-ring (bicyclic) bond motifs is 1. The molecule has 1 saturated heterocycles. The number of benzene rings is 1. The largest absolute Gasteiger partial charge is 0.493 e. The first-order valence-corrected chi connectivity index (χ1v) is 8.96. The molecule has 1 aliphatic heterocycles. The summed E-state index contributed by atoms with van der Waals surface area (Å²) < 4.78 is 11.3. The Hall–Kier alpha value is -3.07. The smallest absolute Gasteiger partial charge is 0.222 e. The quantitative estimate of drug-likeness (QED) is 0.635. The minimum atomic E-state index is 0.217. The van der Waals surface area contributed by atoms with Crippen molar-refractivity contribution in [1.29, 1.82) is 0 Å². The molecule has 1 fully saturated rings. The van der Waals surface area contributed by atoms with E-state index < -0.39 is 0 Å². The Kier molecular flexibility index (Phi) is 4.44. The first-order valence-electron chi connectivity index (χ1n) is 8.96. The Morgan fingerprint density at radius 2 is 2.15 bits per heavy atom. The lowest BCUT2D eigenvalue weighted by atomic mass is 10.1. The highest BCUT2D eigenvalue weighted by Crippen LogP contribution is 2.35. The van der Waals surface area contributed by atoms with E-state index in [2.05, 4.69) is 32.0 Å². The second-order valence-electron chi connectivity index (χ2n) is 6.53. The van der Waals surface area contributed by atoms with Gasteiger partial charge < -0.3 is 25.8 Å². The molecule has 4 rings (SSSR count). The fourth-order valence-electron chi connectivity index (χ4n) is 3.38. The molecule has 1 aromatic carbocycles. The standard InChI is InChI=1S/C18H23N7O2/c1-3-27-14-7-11(6-13-16(14)17(19)24-23-13)12-8-15(22-18(20)21-12)25-4-5-26-9-10(25)2/h6-8,10H,3-5,9H2,1-2H3,(H3,19,23,24)(H2,20,21,22)/t10-/m1/s1. The van der Waals surface area contributed by atoms with E-state index in [9.17, 15) is 0 Å². The van der Waals surface area contributed by atoms with Gasteiger partial charge in [-0.15, -0.1) is 0 Å². The number of nitrogens with zero attached hydrogens (tertiary/aromatic N) is 4. The van der Waals surface area contributed by atoms with Gasteiger partial charge >= 0.3 is 0 Å². The normalized spacial score (nSPS) is 17.4. The second-order valence-corrected chi connectivity index (χ2v) is 6.53. The van der Waals surface area contributed by atoms with Crippen LogP contribution in [0.15, 0.2) is 18.2 Å². The van der Waals surface area contributed by atoms with Gasteiger partial charge in [-0.2, -0.15) is 10.1 Å². The van der Waals surface area contributed by atoms with Crippen molar-refractivity contribution in [3.8, 4) is 17.0 Å². The Morgan fingerprint density at radius 3 is 2.93 bits per heavy atom. The van der Waals surface area contributed by atoms with Crippen LogP contribution in [0.25, 0.3) is 22.2 Å². The van der Waals surface area contributed by atoms with Gasteiger partial charge in [-0.05, 0) is 26.0 Å². The van der Waals surface area contributed by atoms with Crippen molar-refractivity contribution in [1.82, 2.24) is 20.2 Å². The van der Waals surface area contributed by atoms with Crippen LogP contribution in [0.5, 0.6) is 5.75 Å². The first-order chi connectivity index (χ1) is 13.1. The van der Waals surface area contributed by atoms with Crippen LogP contribution in [-0.2, 0) is 4.74 Å². The Balaban J connectivity index is 1.81. The zero-order valence-electron chi connectivity index (χ0n) is 15.4. The van der Waals surface area contributed by atoms with E-state index in [-0.39, 0.29) is 12.0 Å². The van der Waals surface area contributed by atoms with Crippen molar-refractivity contribution >= 4 is 28.5 Å². The van der Waals surface area contributed by atoms with Crippen molar-refractivity contribution in [3.63, 3.8) is 0 Å². The number of ether oxygens (including phenoxy) is 2. The summed E-state index contributed by atoms with van der Waals surface area (Å²) in [6, 6.07) is 6.01. The van der Waals surface area contributed by atoms with Gasteiger partial charge in [0.05, 0.1) is 42.5 Å². The van der Waals surface area contributed by atoms with Gasteiger partial charge in [0.25, 0.3) is 0 Å². The topological polar surface area (TPSA) is 128 Å². The molecule has 1 atom stereocenters. The number of aromatic nitrogens is 4. The van der Waals surface area contributed by atoms with Crippen LogP contribution in [-0.4, -0.2) is 52.6 Å². The van der Waals surface area contributed by atoms with Gasteiger partial charge in [-0.3, -0.25) is 5.10 Å². The molecule has 2 aromatic heterocycles. The number of anilines is 3. The molecule has 0 unspecified atom stereocenters. The molecule has 3 aromatic rings. The van der Waals surface area contributed by atoms with E-state index in [1.807, 2.05) is 25.1 Å². The van der Waals surface area contributed by atoms with E-state index in [0.29, 0.717) is 37.1 Å². The summed E-state index contributed by atoms with van der Waals surface area (Å²) in [6.45, 7) is 6.63. The van der Waals surface area contributed by atoms with Crippen LogP contribution in [0, 0.1) is 0 Å². The highest BCUT2D eigenvalue weighted by atomic mass is 16.5. The zero-order chi connectivity index (χ0) is 19.0. The lowest BCUT2D eigenvalue weighted by Crippen LogP contribution is -2.44. The van der Waals surface area contributed by atoms with Crippen molar-refractivity contribution in [2.24, 2.45) is 0 Å². The number of nitrogen functional groups attached to an aromatic ring is 2. The van der Waals surface area contributed by atoms with Gasteiger partial charge in [-0.25, -0.2) is 4.98 Å². The van der Waals surface area contributed by atoms with Gasteiger partial charge in [0, 0.05) is 18.2 Å². The summed E-state index contributed by atoms with van der Waals surface area (Å²) in [5.41, 5.74) is 14.3. The van der Waals surface area contributed by atoms with Crippen LogP contribution in [0.3, 0.4) is 0 Å². The first kappa shape index (κ1) is 17.3. The second kappa shape index (κ2) is 6.92. The summed E-state index contributed by atoms with van der Waals surface area (Å²) >= 11 is 0. The summed E-state index contributed by atoms with van der Waals surface area (Å²) in [6.07, 6.45) is 0. The fraction of sp³-hybridized carbons (Fsp3) is 0.389. The van der Waals surface area contributed by atoms with Gasteiger partial charge in [0.15, 0.2) is 5.82 Å². The third kappa shape index (κ3) is 3.21. The van der Waals surface area contributed by atoms with E-state index in [0.717, 1.165) is 28.8 Å². The van der Waals surface area contributed by atoms with Crippen LogP contribution >= 0.6 is 0 Å². The van der Waals surface area contributed by atoms with Crippen LogP contribution < -0.4 is 21.1 Å². The predicted molar refractivity (Wildman–Crippen MR) is 105 cm³/mol. The molecule has 3 heterocycles. The lowest BCUT2D eigenvalue weighted by Gasteiger charge is -2.34. The van der Waals surface area contributed by atoms with Crippen molar-refractivity contribution in [2.45, 2.75) is 19.9 Å². The minimum absolute atomic E-state index is 0.217. The van der Waals surface area contributed by atoms with Gasteiger partial charge in [0.1, 0.15) is 11.6 Å². The van der Waals surface area contributed by atoms with E-state index in [1.54, 1.807) is 0 Å². The number of nitrogens with two attached hydrogens (primary N) is 2. The molecule has 0 spiro atoms. The lowest BCUT2D eigenvalue weighted by molar-refractivity contribution is 0.0985. The molecular formula is C18H23N7O2. The molecule has 0 bridgehead atoms. The predicted octanol–water partition coefficient (Wildman–Crippen LogP) is 1.81. The molecule has 0 saturated carbocycles. The number of aromatic amines is 1. The van der Waals surface area contributed by atoms with E-state index >= 15 is 0 Å². The molecule has 0 amide bonds. The van der Waals surface area contributed by atoms with Crippen LogP contribution in [0.2, 0.25) is 0 Å². The third-order valence-corrected chi connectivity index (χ3v) is 4.64. The molecule has 0 radical (unpaired) electrons. The zero-order valence-corrected chi connectivity index (χ0v) is 15.4. The molecule has 1 aliphatic rings. The third-order valence-electron chi connectivity index (χ3n) is 4.64. The SMILES string of the molecule is CCOc1cc(-c2cc(N3CCOC[C@H]3C)nc(N)n2)cc2[nH]nc(N)c12. The van der Waals surface area contributed by atoms with Crippen molar-refractivity contribution in [2.75, 3.05) is 42.7 Å². The number of rotatable bonds is 4. The minimum Gasteiger partial charge on any atom is -0.493 e. The van der Waals surface area contributed by atoms with Gasteiger partial charge in [0.2, 0.25) is 5.95 Å². The average molecular weight is 369 g/mol. The number of hydrogen-bond acceptors (Lipinski definition) is 8. The Morgan fingerprint density at radius 1 is 1.30 bits per heavy atom. The summed E-state index contributed by atoms with van der Waals surface area (Å²) in [4.78, 5) is 11.0. The van der Waals surface area contributed by atoms with E-state index in [1.165, 1.54) is 0 Å². The summed E-state index contributed by atoms with van der Waals surface area (Å²) in [5.74, 6) is 2.08.